The van der Waals surface area contributed by atoms with Crippen molar-refractivity contribution in [1.82, 2.24) is 0 Å². The predicted molar refractivity (Wildman–Crippen MR) is 138 cm³/mol. The van der Waals surface area contributed by atoms with Crippen molar-refractivity contribution < 1.29 is 0 Å². The first-order valence-corrected chi connectivity index (χ1v) is 12.2. The Kier molecular flexibility index (Phi) is 6.54. The van der Waals surface area contributed by atoms with Crippen LogP contribution in [0.25, 0.3) is 0 Å². The zero-order valence-corrected chi connectivity index (χ0v) is 19.4. The van der Waals surface area contributed by atoms with Crippen LogP contribution in [0.2, 0.25) is 0 Å². The Morgan fingerprint density at radius 1 is 0.613 bits per heavy atom. The minimum absolute atomic E-state index is 0.0318. The molecule has 0 amide bonds. The van der Waals surface area contributed by atoms with Gasteiger partial charge in [-0.1, -0.05) is 109 Å². The monoisotopic (exact) mass is 423 g/mol. The first-order valence-electron chi connectivity index (χ1n) is 10.9. The molecule has 0 spiro atoms. The van der Waals surface area contributed by atoms with Gasteiger partial charge in [0.25, 0.3) is 0 Å². The standard InChI is InChI=1S/C29H30NP/c1-29(2,3)30-28-24(22-23-14-7-4-8-15-23)16-13-21-27(28)31(25-17-9-5-10-18-25)26-19-11-6-12-20-26/h4-21,30H,22H2,1-3H3. The van der Waals surface area contributed by atoms with E-state index >= 15 is 0 Å². The van der Waals surface area contributed by atoms with Crippen LogP contribution in [0.1, 0.15) is 31.9 Å². The van der Waals surface area contributed by atoms with Gasteiger partial charge in [0.2, 0.25) is 0 Å². The van der Waals surface area contributed by atoms with Crippen LogP contribution in [0.15, 0.2) is 109 Å². The Morgan fingerprint density at radius 3 is 1.65 bits per heavy atom. The second-order valence-corrected chi connectivity index (χ2v) is 11.0. The summed E-state index contributed by atoms with van der Waals surface area (Å²) in [6, 6.07) is 39.4. The van der Waals surface area contributed by atoms with E-state index < -0.39 is 7.92 Å². The van der Waals surface area contributed by atoms with Crippen LogP contribution < -0.4 is 21.2 Å². The van der Waals surface area contributed by atoms with E-state index in [0.29, 0.717) is 0 Å². The molecule has 4 rings (SSSR count). The van der Waals surface area contributed by atoms with E-state index in [2.05, 4.69) is 135 Å². The Balaban J connectivity index is 1.89. The molecule has 4 aromatic carbocycles. The average Bonchev–Trinajstić information content (AvgIpc) is 2.77. The fourth-order valence-electron chi connectivity index (χ4n) is 3.84. The van der Waals surface area contributed by atoms with E-state index in [4.69, 9.17) is 0 Å². The smallest absolute Gasteiger partial charge is 0.0464 e. The molecule has 0 aliphatic heterocycles. The summed E-state index contributed by atoms with van der Waals surface area (Å²) >= 11 is 0. The van der Waals surface area contributed by atoms with Crippen molar-refractivity contribution >= 4 is 29.5 Å². The minimum Gasteiger partial charge on any atom is -0.380 e. The van der Waals surface area contributed by atoms with Crippen LogP contribution in [-0.2, 0) is 6.42 Å². The lowest BCUT2D eigenvalue weighted by molar-refractivity contribution is 0.633. The van der Waals surface area contributed by atoms with Crippen molar-refractivity contribution in [2.75, 3.05) is 5.32 Å². The van der Waals surface area contributed by atoms with Crippen molar-refractivity contribution in [1.29, 1.82) is 0 Å². The lowest BCUT2D eigenvalue weighted by Gasteiger charge is -2.30. The maximum atomic E-state index is 3.87. The second kappa shape index (κ2) is 9.50. The zero-order valence-electron chi connectivity index (χ0n) is 18.5. The van der Waals surface area contributed by atoms with E-state index in [9.17, 15) is 0 Å². The average molecular weight is 424 g/mol. The quantitative estimate of drug-likeness (QED) is 0.362. The first kappa shape index (κ1) is 21.3. The highest BCUT2D eigenvalue weighted by atomic mass is 31.1. The molecule has 0 saturated heterocycles. The van der Waals surface area contributed by atoms with Gasteiger partial charge in [0, 0.05) is 16.5 Å². The van der Waals surface area contributed by atoms with Gasteiger partial charge in [0.1, 0.15) is 0 Å². The van der Waals surface area contributed by atoms with E-state index in [0.717, 1.165) is 6.42 Å². The molecular formula is C29H30NP. The van der Waals surface area contributed by atoms with Crippen LogP contribution in [0, 0.1) is 0 Å². The normalized spacial score (nSPS) is 11.5. The lowest BCUT2D eigenvalue weighted by atomic mass is 10.0. The van der Waals surface area contributed by atoms with Crippen molar-refractivity contribution in [3.05, 3.63) is 120 Å². The Morgan fingerprint density at radius 2 is 1.13 bits per heavy atom. The molecule has 31 heavy (non-hydrogen) atoms. The van der Waals surface area contributed by atoms with Gasteiger partial charge in [-0.15, -0.1) is 0 Å². The van der Waals surface area contributed by atoms with E-state index in [-0.39, 0.29) is 5.54 Å². The number of rotatable bonds is 6. The Hall–Kier alpha value is -2.89. The zero-order chi connectivity index (χ0) is 21.7. The third-order valence-corrected chi connectivity index (χ3v) is 7.62. The van der Waals surface area contributed by atoms with Crippen molar-refractivity contribution in [3.63, 3.8) is 0 Å². The van der Waals surface area contributed by atoms with Gasteiger partial charge in [-0.3, -0.25) is 0 Å². The van der Waals surface area contributed by atoms with Gasteiger partial charge in [-0.2, -0.15) is 0 Å². The molecule has 0 heterocycles. The predicted octanol–water partition coefficient (Wildman–Crippen LogP) is 6.25. The highest BCUT2D eigenvalue weighted by Gasteiger charge is 2.23. The third kappa shape index (κ3) is 5.43. The molecule has 0 bridgehead atoms. The van der Waals surface area contributed by atoms with Gasteiger partial charge < -0.3 is 5.32 Å². The lowest BCUT2D eigenvalue weighted by Crippen LogP contribution is -2.32. The summed E-state index contributed by atoms with van der Waals surface area (Å²) in [6.45, 7) is 6.72. The van der Waals surface area contributed by atoms with Gasteiger partial charge in [-0.05, 0) is 56.8 Å². The summed E-state index contributed by atoms with van der Waals surface area (Å²) < 4.78 is 0. The highest BCUT2D eigenvalue weighted by Crippen LogP contribution is 2.38. The summed E-state index contributed by atoms with van der Waals surface area (Å²) in [5, 5.41) is 8.01. The van der Waals surface area contributed by atoms with E-state index in [1.807, 2.05) is 0 Å². The Labute approximate surface area is 187 Å². The molecule has 4 aromatic rings. The van der Waals surface area contributed by atoms with Crippen LogP contribution in [0.5, 0.6) is 0 Å². The highest BCUT2D eigenvalue weighted by molar-refractivity contribution is 7.80. The summed E-state index contributed by atoms with van der Waals surface area (Å²) in [5.41, 5.74) is 3.92. The Bertz CT molecular complexity index is 1060. The van der Waals surface area contributed by atoms with Crippen molar-refractivity contribution in [2.45, 2.75) is 32.7 Å². The maximum Gasteiger partial charge on any atom is 0.0464 e. The number of para-hydroxylation sites is 1. The summed E-state index contributed by atoms with van der Waals surface area (Å²) in [6.07, 6.45) is 0.917. The number of anilines is 1. The molecule has 0 atom stereocenters. The summed E-state index contributed by atoms with van der Waals surface area (Å²) in [4.78, 5) is 0. The maximum absolute atomic E-state index is 3.87. The van der Waals surface area contributed by atoms with E-state index in [1.165, 1.54) is 32.7 Å². The number of nitrogens with one attached hydrogen (secondary N) is 1. The van der Waals surface area contributed by atoms with Crippen molar-refractivity contribution in [2.24, 2.45) is 0 Å². The van der Waals surface area contributed by atoms with Crippen LogP contribution in [-0.4, -0.2) is 5.54 Å². The SMILES string of the molecule is CC(C)(C)Nc1c(Cc2ccccc2)cccc1P(c1ccccc1)c1ccccc1. The minimum atomic E-state index is -0.673. The molecule has 0 aromatic heterocycles. The molecule has 0 aliphatic carbocycles. The number of hydrogen-bond acceptors (Lipinski definition) is 1. The second-order valence-electron chi connectivity index (χ2n) is 8.86. The molecule has 2 heteroatoms. The van der Waals surface area contributed by atoms with E-state index in [1.54, 1.807) is 0 Å². The number of benzene rings is 4. The molecule has 1 nitrogen and oxygen atoms in total. The molecule has 0 aliphatic rings. The molecule has 0 unspecified atom stereocenters. The molecule has 1 N–H and O–H groups in total. The van der Waals surface area contributed by atoms with Crippen LogP contribution in [0.3, 0.4) is 0 Å². The number of hydrogen-bond donors (Lipinski definition) is 1. The van der Waals surface area contributed by atoms with Gasteiger partial charge >= 0.3 is 0 Å². The largest absolute Gasteiger partial charge is 0.380 e. The van der Waals surface area contributed by atoms with Crippen LogP contribution in [0.4, 0.5) is 5.69 Å². The van der Waals surface area contributed by atoms with Gasteiger partial charge in [0.15, 0.2) is 0 Å². The van der Waals surface area contributed by atoms with Crippen molar-refractivity contribution in [3.8, 4) is 0 Å². The molecule has 0 radical (unpaired) electrons. The molecule has 0 saturated carbocycles. The molecule has 156 valence electrons. The fourth-order valence-corrected chi connectivity index (χ4v) is 6.29. The van der Waals surface area contributed by atoms with Crippen LogP contribution >= 0.6 is 7.92 Å². The fraction of sp³-hybridized carbons (Fsp3) is 0.172. The topological polar surface area (TPSA) is 12.0 Å². The molecular weight excluding hydrogens is 393 g/mol. The van der Waals surface area contributed by atoms with Gasteiger partial charge in [0.05, 0.1) is 0 Å². The molecule has 0 fully saturated rings. The summed E-state index contributed by atoms with van der Waals surface area (Å²) in [7, 11) is -0.673. The van der Waals surface area contributed by atoms with Gasteiger partial charge in [-0.25, -0.2) is 0 Å². The summed E-state index contributed by atoms with van der Waals surface area (Å²) in [5.74, 6) is 0. The third-order valence-electron chi connectivity index (χ3n) is 5.14. The first-order chi connectivity index (χ1) is 15.0.